The molecule has 0 amide bonds. The molecule has 0 aliphatic heterocycles. The molecule has 3 nitrogen and oxygen atoms in total. The zero-order valence-electron chi connectivity index (χ0n) is 11.3. The van der Waals surface area contributed by atoms with Gasteiger partial charge < -0.3 is 4.74 Å². The van der Waals surface area contributed by atoms with Gasteiger partial charge in [0.1, 0.15) is 11.9 Å². The minimum Gasteiger partial charge on any atom is -0.489 e. The quantitative estimate of drug-likeness (QED) is 0.590. The van der Waals surface area contributed by atoms with E-state index in [-0.39, 0.29) is 12.1 Å². The first-order valence-corrected chi connectivity index (χ1v) is 6.79. The first-order valence-electron chi connectivity index (χ1n) is 6.41. The van der Waals surface area contributed by atoms with E-state index in [4.69, 9.17) is 22.2 Å². The van der Waals surface area contributed by atoms with Crippen LogP contribution in [0.15, 0.2) is 24.3 Å². The average Bonchev–Trinajstić information content (AvgIpc) is 2.29. The molecule has 0 aromatic heterocycles. The first kappa shape index (κ1) is 15.3. The second-order valence-electron chi connectivity index (χ2n) is 5.02. The number of benzene rings is 1. The number of ether oxygens (including phenoxy) is 1. The van der Waals surface area contributed by atoms with Crippen molar-refractivity contribution in [2.45, 2.75) is 45.8 Å². The fourth-order valence-electron chi connectivity index (χ4n) is 1.80. The summed E-state index contributed by atoms with van der Waals surface area (Å²) in [4.78, 5) is 0. The number of nitrogens with one attached hydrogen (secondary N) is 1. The number of hydrazine groups is 1. The zero-order chi connectivity index (χ0) is 13.5. The van der Waals surface area contributed by atoms with Gasteiger partial charge in [0.2, 0.25) is 0 Å². The molecule has 0 bridgehead atoms. The van der Waals surface area contributed by atoms with Gasteiger partial charge in [-0.3, -0.25) is 11.3 Å². The summed E-state index contributed by atoms with van der Waals surface area (Å²) in [5, 5.41) is 0.680. The van der Waals surface area contributed by atoms with Crippen molar-refractivity contribution < 1.29 is 4.74 Å². The number of halogens is 1. The summed E-state index contributed by atoms with van der Waals surface area (Å²) in [7, 11) is 0. The van der Waals surface area contributed by atoms with Crippen LogP contribution in [0.25, 0.3) is 0 Å². The van der Waals surface area contributed by atoms with E-state index >= 15 is 0 Å². The SMILES string of the molecule is CC(C)CCC(NN)C(C)Oc1cccc(Cl)c1. The van der Waals surface area contributed by atoms with Gasteiger partial charge in [0, 0.05) is 5.02 Å². The molecule has 2 unspecified atom stereocenters. The lowest BCUT2D eigenvalue weighted by Gasteiger charge is -2.25. The Morgan fingerprint density at radius 3 is 2.56 bits per heavy atom. The maximum Gasteiger partial charge on any atom is 0.121 e. The third kappa shape index (κ3) is 5.25. The molecule has 18 heavy (non-hydrogen) atoms. The van der Waals surface area contributed by atoms with Crippen molar-refractivity contribution in [1.82, 2.24) is 5.43 Å². The molecule has 1 aromatic rings. The van der Waals surface area contributed by atoms with Gasteiger partial charge in [-0.15, -0.1) is 0 Å². The normalized spacial score (nSPS) is 14.6. The highest BCUT2D eigenvalue weighted by molar-refractivity contribution is 6.30. The molecule has 0 heterocycles. The Kier molecular flexibility index (Phi) is 6.47. The predicted molar refractivity (Wildman–Crippen MR) is 76.7 cm³/mol. The summed E-state index contributed by atoms with van der Waals surface area (Å²) in [5.41, 5.74) is 2.83. The van der Waals surface area contributed by atoms with Crippen molar-refractivity contribution in [2.24, 2.45) is 11.8 Å². The minimum atomic E-state index is 0.00668. The van der Waals surface area contributed by atoms with Gasteiger partial charge in [0.25, 0.3) is 0 Å². The van der Waals surface area contributed by atoms with Crippen LogP contribution in [-0.2, 0) is 0 Å². The minimum absolute atomic E-state index is 0.00668. The van der Waals surface area contributed by atoms with Crippen molar-refractivity contribution in [3.8, 4) is 5.75 Å². The van der Waals surface area contributed by atoms with Crippen molar-refractivity contribution in [3.63, 3.8) is 0 Å². The molecule has 4 heteroatoms. The van der Waals surface area contributed by atoms with Gasteiger partial charge in [-0.1, -0.05) is 31.5 Å². The Morgan fingerprint density at radius 2 is 2.00 bits per heavy atom. The monoisotopic (exact) mass is 270 g/mol. The molecule has 0 saturated heterocycles. The summed E-state index contributed by atoms with van der Waals surface area (Å²) in [6.45, 7) is 6.43. The highest BCUT2D eigenvalue weighted by Crippen LogP contribution is 2.20. The summed E-state index contributed by atoms with van der Waals surface area (Å²) in [5.74, 6) is 7.03. The third-order valence-electron chi connectivity index (χ3n) is 2.95. The molecule has 0 spiro atoms. The summed E-state index contributed by atoms with van der Waals surface area (Å²) < 4.78 is 5.85. The third-order valence-corrected chi connectivity index (χ3v) is 3.19. The van der Waals surface area contributed by atoms with Crippen molar-refractivity contribution in [2.75, 3.05) is 0 Å². The Hall–Kier alpha value is -0.770. The van der Waals surface area contributed by atoms with Crippen LogP contribution in [0, 0.1) is 5.92 Å². The zero-order valence-corrected chi connectivity index (χ0v) is 12.1. The fourth-order valence-corrected chi connectivity index (χ4v) is 1.98. The average molecular weight is 271 g/mol. The van der Waals surface area contributed by atoms with E-state index in [0.29, 0.717) is 10.9 Å². The molecule has 1 rings (SSSR count). The van der Waals surface area contributed by atoms with Crippen LogP contribution in [0.2, 0.25) is 5.02 Å². The Bertz CT molecular complexity index is 357. The lowest BCUT2D eigenvalue weighted by molar-refractivity contribution is 0.161. The van der Waals surface area contributed by atoms with E-state index < -0.39 is 0 Å². The lowest BCUT2D eigenvalue weighted by Crippen LogP contribution is -2.45. The van der Waals surface area contributed by atoms with Crippen LogP contribution in [0.3, 0.4) is 0 Å². The molecule has 0 aliphatic rings. The van der Waals surface area contributed by atoms with E-state index in [9.17, 15) is 0 Å². The predicted octanol–water partition coefficient (Wildman–Crippen LogP) is 3.38. The summed E-state index contributed by atoms with van der Waals surface area (Å²) in [6.07, 6.45) is 2.13. The highest BCUT2D eigenvalue weighted by Gasteiger charge is 2.17. The molecular weight excluding hydrogens is 248 g/mol. The maximum atomic E-state index is 5.92. The second-order valence-corrected chi connectivity index (χ2v) is 5.46. The maximum absolute atomic E-state index is 5.92. The molecule has 1 aromatic carbocycles. The van der Waals surface area contributed by atoms with Crippen LogP contribution in [0.5, 0.6) is 5.75 Å². The molecule has 0 saturated carbocycles. The molecule has 0 radical (unpaired) electrons. The molecule has 102 valence electrons. The molecular formula is C14H23ClN2O. The Balaban J connectivity index is 2.53. The number of hydrogen-bond acceptors (Lipinski definition) is 3. The number of hydrogen-bond donors (Lipinski definition) is 2. The van der Waals surface area contributed by atoms with Gasteiger partial charge in [-0.25, -0.2) is 0 Å². The largest absolute Gasteiger partial charge is 0.489 e. The molecule has 2 atom stereocenters. The topological polar surface area (TPSA) is 47.3 Å². The Labute approximate surface area is 115 Å². The molecule has 0 aliphatic carbocycles. The van der Waals surface area contributed by atoms with E-state index in [1.54, 1.807) is 0 Å². The fraction of sp³-hybridized carbons (Fsp3) is 0.571. The van der Waals surface area contributed by atoms with Crippen molar-refractivity contribution in [3.05, 3.63) is 29.3 Å². The van der Waals surface area contributed by atoms with Crippen molar-refractivity contribution in [1.29, 1.82) is 0 Å². The smallest absolute Gasteiger partial charge is 0.121 e. The lowest BCUT2D eigenvalue weighted by atomic mass is 10.0. The van der Waals surface area contributed by atoms with E-state index in [1.165, 1.54) is 0 Å². The highest BCUT2D eigenvalue weighted by atomic mass is 35.5. The standard InChI is InChI=1S/C14H23ClN2O/c1-10(2)7-8-14(17-16)11(3)18-13-6-4-5-12(15)9-13/h4-6,9-11,14,17H,7-8,16H2,1-3H3. The first-order chi connectivity index (χ1) is 8.52. The van der Waals surface area contributed by atoms with Gasteiger partial charge in [-0.2, -0.15) is 0 Å². The molecule has 3 N–H and O–H groups in total. The van der Waals surface area contributed by atoms with Crippen LogP contribution in [0.4, 0.5) is 0 Å². The summed E-state index contributed by atoms with van der Waals surface area (Å²) >= 11 is 5.92. The second kappa shape index (κ2) is 7.62. The van der Waals surface area contributed by atoms with E-state index in [2.05, 4.69) is 19.3 Å². The molecule has 0 fully saturated rings. The van der Waals surface area contributed by atoms with Gasteiger partial charge in [0.15, 0.2) is 0 Å². The number of nitrogens with two attached hydrogens (primary N) is 1. The van der Waals surface area contributed by atoms with Crippen molar-refractivity contribution >= 4 is 11.6 Å². The van der Waals surface area contributed by atoms with E-state index in [1.807, 2.05) is 31.2 Å². The van der Waals surface area contributed by atoms with Crippen LogP contribution in [-0.4, -0.2) is 12.1 Å². The van der Waals surface area contributed by atoms with Crippen LogP contribution in [0.1, 0.15) is 33.6 Å². The summed E-state index contributed by atoms with van der Waals surface area (Å²) in [6, 6.07) is 7.57. The van der Waals surface area contributed by atoms with Gasteiger partial charge >= 0.3 is 0 Å². The van der Waals surface area contributed by atoms with Crippen LogP contribution < -0.4 is 16.0 Å². The van der Waals surface area contributed by atoms with E-state index in [0.717, 1.165) is 18.6 Å². The van der Waals surface area contributed by atoms with Crippen LogP contribution >= 0.6 is 11.6 Å². The van der Waals surface area contributed by atoms with Gasteiger partial charge in [-0.05, 0) is 43.9 Å². The Morgan fingerprint density at radius 1 is 1.28 bits per heavy atom. The van der Waals surface area contributed by atoms with Gasteiger partial charge in [0.05, 0.1) is 6.04 Å². The number of rotatable bonds is 7.